The van der Waals surface area contributed by atoms with E-state index in [1.165, 1.54) is 0 Å². The molecule has 0 saturated carbocycles. The molecule has 0 aromatic rings. The minimum absolute atomic E-state index is 0.0127. The molecule has 12 heavy (non-hydrogen) atoms. The molecule has 6 heteroatoms. The molecule has 0 spiro atoms. The summed E-state index contributed by atoms with van der Waals surface area (Å²) in [6.07, 6.45) is -0.0127. The van der Waals surface area contributed by atoms with Crippen molar-refractivity contribution in [1.29, 1.82) is 0 Å². The van der Waals surface area contributed by atoms with Crippen LogP contribution < -0.4 is 17.2 Å². The van der Waals surface area contributed by atoms with Crippen LogP contribution in [-0.4, -0.2) is 29.6 Å². The third kappa shape index (κ3) is 3.31. The zero-order chi connectivity index (χ0) is 9.72. The molecular weight excluding hydrogens is 162 g/mol. The molecule has 6 nitrogen and oxygen atoms in total. The van der Waals surface area contributed by atoms with Crippen molar-refractivity contribution in [2.45, 2.75) is 12.5 Å². The van der Waals surface area contributed by atoms with Crippen molar-refractivity contribution in [3.05, 3.63) is 0 Å². The molecule has 0 bridgehead atoms. The molecule has 2 atom stereocenters. The molecule has 1 amide bonds. The predicted octanol–water partition coefficient (Wildman–Crippen LogP) is -2.15. The fourth-order valence-electron chi connectivity index (χ4n) is 0.736. The second-order valence-corrected chi connectivity index (χ2v) is 2.52. The van der Waals surface area contributed by atoms with E-state index in [1.54, 1.807) is 0 Å². The van der Waals surface area contributed by atoms with E-state index in [2.05, 4.69) is 0 Å². The van der Waals surface area contributed by atoms with Gasteiger partial charge in [0.25, 0.3) is 0 Å². The Morgan fingerprint density at radius 1 is 1.42 bits per heavy atom. The average Bonchev–Trinajstić information content (AvgIpc) is 1.98. The molecule has 70 valence electrons. The van der Waals surface area contributed by atoms with Gasteiger partial charge in [-0.2, -0.15) is 0 Å². The summed E-state index contributed by atoms with van der Waals surface area (Å²) in [7, 11) is 0. The van der Waals surface area contributed by atoms with Crippen molar-refractivity contribution in [2.75, 3.05) is 6.54 Å². The number of carbonyl (C=O) groups is 2. The zero-order valence-corrected chi connectivity index (χ0v) is 6.56. The second kappa shape index (κ2) is 4.68. The lowest BCUT2D eigenvalue weighted by molar-refractivity contribution is -0.139. The van der Waals surface area contributed by atoms with Crippen LogP contribution in [0, 0.1) is 5.92 Å². The highest BCUT2D eigenvalue weighted by Gasteiger charge is 2.21. The first-order chi connectivity index (χ1) is 5.49. The number of hydrogen-bond donors (Lipinski definition) is 4. The van der Waals surface area contributed by atoms with E-state index in [1.807, 2.05) is 0 Å². The Bertz CT molecular complexity index is 183. The number of carbonyl (C=O) groups excluding carboxylic acids is 1. The number of nitrogens with two attached hydrogens (primary N) is 3. The molecule has 0 aromatic heterocycles. The number of primary amides is 1. The van der Waals surface area contributed by atoms with E-state index in [0.29, 0.717) is 0 Å². The topological polar surface area (TPSA) is 132 Å². The quantitative estimate of drug-likeness (QED) is 0.378. The van der Waals surface area contributed by atoms with Gasteiger partial charge in [0.15, 0.2) is 0 Å². The lowest BCUT2D eigenvalue weighted by Gasteiger charge is -2.12. The summed E-state index contributed by atoms with van der Waals surface area (Å²) >= 11 is 0. The van der Waals surface area contributed by atoms with Crippen LogP contribution in [-0.2, 0) is 9.59 Å². The predicted molar refractivity (Wildman–Crippen MR) is 42.0 cm³/mol. The fourth-order valence-corrected chi connectivity index (χ4v) is 0.736. The number of carboxylic acid groups (broad SMARTS) is 1. The molecule has 1 unspecified atom stereocenters. The Morgan fingerprint density at radius 2 is 1.92 bits per heavy atom. The van der Waals surface area contributed by atoms with E-state index in [9.17, 15) is 9.59 Å². The van der Waals surface area contributed by atoms with Gasteiger partial charge in [-0.25, -0.2) is 0 Å². The van der Waals surface area contributed by atoms with Crippen LogP contribution in [0.15, 0.2) is 0 Å². The maximum atomic E-state index is 10.6. The molecule has 0 aliphatic heterocycles. The van der Waals surface area contributed by atoms with Crippen LogP contribution in [0.4, 0.5) is 0 Å². The van der Waals surface area contributed by atoms with Gasteiger partial charge < -0.3 is 22.3 Å². The van der Waals surface area contributed by atoms with Crippen molar-refractivity contribution in [1.82, 2.24) is 0 Å². The summed E-state index contributed by atoms with van der Waals surface area (Å²) in [5.41, 5.74) is 15.3. The van der Waals surface area contributed by atoms with Crippen LogP contribution in [0.5, 0.6) is 0 Å². The van der Waals surface area contributed by atoms with Crippen molar-refractivity contribution < 1.29 is 14.7 Å². The Balaban J connectivity index is 4.02. The lowest BCUT2D eigenvalue weighted by Crippen LogP contribution is -2.39. The van der Waals surface area contributed by atoms with Gasteiger partial charge in [-0.3, -0.25) is 9.59 Å². The Morgan fingerprint density at radius 3 is 2.17 bits per heavy atom. The van der Waals surface area contributed by atoms with Crippen molar-refractivity contribution in [2.24, 2.45) is 23.1 Å². The standard InChI is InChI=1S/C6H13N3O3/c7-2-3(5(9)10)1-4(8)6(11)12/h3-4H,1-2,7-8H2,(H2,9,10)(H,11,12)/t3?,4-/m0/s1. The van der Waals surface area contributed by atoms with Crippen molar-refractivity contribution >= 4 is 11.9 Å². The minimum atomic E-state index is -1.16. The van der Waals surface area contributed by atoms with E-state index >= 15 is 0 Å². The molecule has 0 aliphatic carbocycles. The van der Waals surface area contributed by atoms with Gasteiger partial charge in [-0.05, 0) is 6.42 Å². The van der Waals surface area contributed by atoms with Gasteiger partial charge >= 0.3 is 5.97 Å². The number of rotatable bonds is 5. The molecule has 0 radical (unpaired) electrons. The van der Waals surface area contributed by atoms with E-state index in [0.717, 1.165) is 0 Å². The molecule has 0 rings (SSSR count). The lowest BCUT2D eigenvalue weighted by atomic mass is 10.00. The van der Waals surface area contributed by atoms with Crippen LogP contribution in [0.1, 0.15) is 6.42 Å². The van der Waals surface area contributed by atoms with Gasteiger partial charge in [0.05, 0.1) is 5.92 Å². The Kier molecular flexibility index (Phi) is 4.24. The number of carboxylic acids is 1. The summed E-state index contributed by atoms with van der Waals surface area (Å²) in [5.74, 6) is -2.43. The van der Waals surface area contributed by atoms with Gasteiger partial charge in [0, 0.05) is 6.54 Å². The summed E-state index contributed by atoms with van der Waals surface area (Å²) in [5, 5.41) is 8.39. The smallest absolute Gasteiger partial charge is 0.320 e. The SMILES string of the molecule is NCC(C[C@H](N)C(=O)O)C(N)=O. The van der Waals surface area contributed by atoms with Crippen LogP contribution in [0.25, 0.3) is 0 Å². The van der Waals surface area contributed by atoms with E-state index < -0.39 is 23.8 Å². The summed E-state index contributed by atoms with van der Waals surface area (Å²) in [6, 6.07) is -1.08. The maximum absolute atomic E-state index is 10.6. The molecule has 7 N–H and O–H groups in total. The highest BCUT2D eigenvalue weighted by Crippen LogP contribution is 2.02. The summed E-state index contributed by atoms with van der Waals surface area (Å²) in [4.78, 5) is 20.8. The highest BCUT2D eigenvalue weighted by molar-refractivity contribution is 5.79. The molecule has 0 aliphatic rings. The van der Waals surface area contributed by atoms with Gasteiger partial charge in [-0.15, -0.1) is 0 Å². The number of hydrogen-bond acceptors (Lipinski definition) is 4. The van der Waals surface area contributed by atoms with Crippen LogP contribution >= 0.6 is 0 Å². The third-order valence-corrected chi connectivity index (χ3v) is 1.54. The van der Waals surface area contributed by atoms with Gasteiger partial charge in [0.1, 0.15) is 6.04 Å². The number of amides is 1. The maximum Gasteiger partial charge on any atom is 0.320 e. The number of aliphatic carboxylic acids is 1. The fraction of sp³-hybridized carbons (Fsp3) is 0.667. The average molecular weight is 175 g/mol. The normalized spacial score (nSPS) is 15.2. The highest BCUT2D eigenvalue weighted by atomic mass is 16.4. The van der Waals surface area contributed by atoms with Crippen molar-refractivity contribution in [3.63, 3.8) is 0 Å². The van der Waals surface area contributed by atoms with Crippen LogP contribution in [0.2, 0.25) is 0 Å². The minimum Gasteiger partial charge on any atom is -0.480 e. The molecule has 0 heterocycles. The van der Waals surface area contributed by atoms with E-state index in [4.69, 9.17) is 22.3 Å². The molecular formula is C6H13N3O3. The van der Waals surface area contributed by atoms with E-state index in [-0.39, 0.29) is 13.0 Å². The molecule has 0 fully saturated rings. The Hall–Kier alpha value is -1.14. The summed E-state index contributed by atoms with van der Waals surface area (Å²) < 4.78 is 0. The van der Waals surface area contributed by atoms with Gasteiger partial charge in [-0.1, -0.05) is 0 Å². The zero-order valence-electron chi connectivity index (χ0n) is 6.56. The first-order valence-electron chi connectivity index (χ1n) is 3.46. The monoisotopic (exact) mass is 175 g/mol. The first-order valence-corrected chi connectivity index (χ1v) is 3.46. The molecule has 0 saturated heterocycles. The Labute approximate surface area is 69.7 Å². The molecule has 0 aromatic carbocycles. The van der Waals surface area contributed by atoms with Crippen molar-refractivity contribution in [3.8, 4) is 0 Å². The summed E-state index contributed by atoms with van der Waals surface area (Å²) in [6.45, 7) is 0.0241. The van der Waals surface area contributed by atoms with Crippen LogP contribution in [0.3, 0.4) is 0 Å². The largest absolute Gasteiger partial charge is 0.480 e. The third-order valence-electron chi connectivity index (χ3n) is 1.54. The second-order valence-electron chi connectivity index (χ2n) is 2.52. The first kappa shape index (κ1) is 10.9. The van der Waals surface area contributed by atoms with Gasteiger partial charge in [0.2, 0.25) is 5.91 Å².